The Morgan fingerprint density at radius 3 is 2.12 bits per heavy atom. The molecule has 0 aliphatic rings. The second-order valence-electron chi connectivity index (χ2n) is 3.24. The first kappa shape index (κ1) is 13.6. The van der Waals surface area contributed by atoms with Crippen LogP contribution in [-0.4, -0.2) is 32.7 Å². The Labute approximate surface area is 101 Å². The van der Waals surface area contributed by atoms with Gasteiger partial charge in [-0.2, -0.15) is 0 Å². The summed E-state index contributed by atoms with van der Waals surface area (Å²) in [4.78, 5) is 0. The van der Waals surface area contributed by atoms with Crippen LogP contribution in [0.15, 0.2) is 12.1 Å². The molecule has 0 bridgehead atoms. The highest BCUT2D eigenvalue weighted by molar-refractivity contribution is 5.53. The molecule has 1 N–H and O–H groups in total. The standard InChI is InChI=1S/C12H18O5/c1-4-16-8-17-12-10(14-2)5-9(7-13)6-11(12)15-3/h5-6,13H,4,7-8H2,1-3H3. The van der Waals surface area contributed by atoms with E-state index in [4.69, 9.17) is 24.1 Å². The van der Waals surface area contributed by atoms with Gasteiger partial charge in [0.15, 0.2) is 18.3 Å². The molecule has 1 aromatic carbocycles. The molecular weight excluding hydrogens is 224 g/mol. The topological polar surface area (TPSA) is 57.2 Å². The van der Waals surface area contributed by atoms with Crippen molar-refractivity contribution in [2.75, 3.05) is 27.6 Å². The van der Waals surface area contributed by atoms with Gasteiger partial charge in [-0.15, -0.1) is 0 Å². The monoisotopic (exact) mass is 242 g/mol. The fraction of sp³-hybridized carbons (Fsp3) is 0.500. The molecule has 0 spiro atoms. The van der Waals surface area contributed by atoms with Crippen molar-refractivity contribution in [1.82, 2.24) is 0 Å². The quantitative estimate of drug-likeness (QED) is 0.581. The van der Waals surface area contributed by atoms with E-state index in [0.717, 1.165) is 0 Å². The molecule has 0 fully saturated rings. The van der Waals surface area contributed by atoms with Crippen molar-refractivity contribution in [2.45, 2.75) is 13.5 Å². The van der Waals surface area contributed by atoms with Gasteiger partial charge in [-0.3, -0.25) is 0 Å². The Bertz CT molecular complexity index is 326. The molecular formula is C12H18O5. The van der Waals surface area contributed by atoms with Crippen LogP contribution in [0.3, 0.4) is 0 Å². The molecule has 5 nitrogen and oxygen atoms in total. The maximum atomic E-state index is 9.11. The molecule has 0 aromatic heterocycles. The van der Waals surface area contributed by atoms with Gasteiger partial charge in [0.1, 0.15) is 0 Å². The molecule has 1 aromatic rings. The summed E-state index contributed by atoms with van der Waals surface area (Å²) in [5, 5.41) is 9.11. The molecule has 0 heterocycles. The van der Waals surface area contributed by atoms with Crippen LogP contribution in [0.2, 0.25) is 0 Å². The first-order valence-electron chi connectivity index (χ1n) is 5.33. The highest BCUT2D eigenvalue weighted by atomic mass is 16.7. The molecule has 0 unspecified atom stereocenters. The van der Waals surface area contributed by atoms with E-state index >= 15 is 0 Å². The van der Waals surface area contributed by atoms with E-state index < -0.39 is 0 Å². The zero-order chi connectivity index (χ0) is 12.7. The van der Waals surface area contributed by atoms with Crippen molar-refractivity contribution in [1.29, 1.82) is 0 Å². The summed E-state index contributed by atoms with van der Waals surface area (Å²) < 4.78 is 20.9. The minimum Gasteiger partial charge on any atom is -0.493 e. The average molecular weight is 242 g/mol. The number of aliphatic hydroxyl groups excluding tert-OH is 1. The molecule has 0 radical (unpaired) electrons. The molecule has 0 atom stereocenters. The molecule has 5 heteroatoms. The summed E-state index contributed by atoms with van der Waals surface area (Å²) in [6.45, 7) is 2.49. The molecule has 0 aliphatic heterocycles. The van der Waals surface area contributed by atoms with Crippen LogP contribution in [0.4, 0.5) is 0 Å². The van der Waals surface area contributed by atoms with E-state index in [1.807, 2.05) is 6.92 Å². The largest absolute Gasteiger partial charge is 0.493 e. The minimum atomic E-state index is -0.0849. The summed E-state index contributed by atoms with van der Waals surface area (Å²) in [7, 11) is 3.06. The van der Waals surface area contributed by atoms with Crippen molar-refractivity contribution >= 4 is 0 Å². The van der Waals surface area contributed by atoms with E-state index in [1.165, 1.54) is 14.2 Å². The molecule has 1 rings (SSSR count). The lowest BCUT2D eigenvalue weighted by atomic mass is 10.2. The first-order valence-corrected chi connectivity index (χ1v) is 5.33. The third-order valence-electron chi connectivity index (χ3n) is 2.19. The third-order valence-corrected chi connectivity index (χ3v) is 2.19. The maximum Gasteiger partial charge on any atom is 0.206 e. The fourth-order valence-electron chi connectivity index (χ4n) is 1.35. The van der Waals surface area contributed by atoms with Gasteiger partial charge in [0, 0.05) is 6.61 Å². The number of benzene rings is 1. The lowest BCUT2D eigenvalue weighted by Crippen LogP contribution is -2.05. The number of hydrogen-bond acceptors (Lipinski definition) is 5. The van der Waals surface area contributed by atoms with Gasteiger partial charge >= 0.3 is 0 Å². The zero-order valence-electron chi connectivity index (χ0n) is 10.4. The lowest BCUT2D eigenvalue weighted by molar-refractivity contribution is 0.0193. The normalized spacial score (nSPS) is 10.1. The van der Waals surface area contributed by atoms with Crippen LogP contribution in [0.25, 0.3) is 0 Å². The predicted molar refractivity (Wildman–Crippen MR) is 62.6 cm³/mol. The number of ether oxygens (including phenoxy) is 4. The first-order chi connectivity index (χ1) is 8.26. The van der Waals surface area contributed by atoms with Crippen LogP contribution < -0.4 is 14.2 Å². The Morgan fingerprint density at radius 2 is 1.71 bits per heavy atom. The Balaban J connectivity index is 2.98. The van der Waals surface area contributed by atoms with Crippen LogP contribution in [0.5, 0.6) is 17.2 Å². The van der Waals surface area contributed by atoms with Crippen LogP contribution in [-0.2, 0) is 11.3 Å². The van der Waals surface area contributed by atoms with Crippen LogP contribution >= 0.6 is 0 Å². The predicted octanol–water partition coefficient (Wildman–Crippen LogP) is 1.57. The lowest BCUT2D eigenvalue weighted by Gasteiger charge is -2.15. The smallest absolute Gasteiger partial charge is 0.206 e. The van der Waals surface area contributed by atoms with E-state index in [1.54, 1.807) is 12.1 Å². The van der Waals surface area contributed by atoms with Gasteiger partial charge in [0.2, 0.25) is 5.75 Å². The second-order valence-corrected chi connectivity index (χ2v) is 3.24. The number of aliphatic hydroxyl groups is 1. The summed E-state index contributed by atoms with van der Waals surface area (Å²) in [6, 6.07) is 3.40. The van der Waals surface area contributed by atoms with Crippen LogP contribution in [0.1, 0.15) is 12.5 Å². The fourth-order valence-corrected chi connectivity index (χ4v) is 1.35. The Kier molecular flexibility index (Phi) is 5.59. The SMILES string of the molecule is CCOCOc1c(OC)cc(CO)cc1OC. The third kappa shape index (κ3) is 3.51. The van der Waals surface area contributed by atoms with Gasteiger partial charge in [-0.25, -0.2) is 0 Å². The van der Waals surface area contributed by atoms with Gasteiger partial charge < -0.3 is 24.1 Å². The van der Waals surface area contributed by atoms with E-state index in [2.05, 4.69) is 0 Å². The van der Waals surface area contributed by atoms with Gasteiger partial charge in [-0.1, -0.05) is 0 Å². The summed E-state index contributed by atoms with van der Waals surface area (Å²) in [5.41, 5.74) is 0.697. The zero-order valence-corrected chi connectivity index (χ0v) is 10.4. The second kappa shape index (κ2) is 6.98. The van der Waals surface area contributed by atoms with Crippen molar-refractivity contribution in [3.05, 3.63) is 17.7 Å². The molecule has 0 saturated heterocycles. The van der Waals surface area contributed by atoms with Crippen molar-refractivity contribution in [3.63, 3.8) is 0 Å². The summed E-state index contributed by atoms with van der Waals surface area (Å²) in [5.74, 6) is 1.49. The van der Waals surface area contributed by atoms with E-state index in [9.17, 15) is 0 Å². The van der Waals surface area contributed by atoms with Gasteiger partial charge in [-0.05, 0) is 24.6 Å². The van der Waals surface area contributed by atoms with Crippen LogP contribution in [0, 0.1) is 0 Å². The van der Waals surface area contributed by atoms with E-state index in [0.29, 0.717) is 29.4 Å². The Morgan fingerprint density at radius 1 is 1.12 bits per heavy atom. The number of rotatable bonds is 7. The number of hydrogen-bond donors (Lipinski definition) is 1. The van der Waals surface area contributed by atoms with Gasteiger partial charge in [0.05, 0.1) is 20.8 Å². The molecule has 0 aliphatic carbocycles. The van der Waals surface area contributed by atoms with Crippen molar-refractivity contribution < 1.29 is 24.1 Å². The Hall–Kier alpha value is -1.46. The highest BCUT2D eigenvalue weighted by Crippen LogP contribution is 2.38. The molecule has 0 saturated carbocycles. The van der Waals surface area contributed by atoms with Crippen molar-refractivity contribution in [3.8, 4) is 17.2 Å². The molecule has 0 amide bonds. The summed E-state index contributed by atoms with van der Waals surface area (Å²) >= 11 is 0. The molecule has 17 heavy (non-hydrogen) atoms. The van der Waals surface area contributed by atoms with E-state index in [-0.39, 0.29) is 13.4 Å². The van der Waals surface area contributed by atoms with Gasteiger partial charge in [0.25, 0.3) is 0 Å². The molecule has 96 valence electrons. The highest BCUT2D eigenvalue weighted by Gasteiger charge is 2.13. The average Bonchev–Trinajstić information content (AvgIpc) is 2.38. The maximum absolute atomic E-state index is 9.11. The summed E-state index contributed by atoms with van der Waals surface area (Å²) in [6.07, 6.45) is 0. The number of methoxy groups -OCH3 is 2. The minimum absolute atomic E-state index is 0.0849. The van der Waals surface area contributed by atoms with Crippen molar-refractivity contribution in [2.24, 2.45) is 0 Å².